The summed E-state index contributed by atoms with van der Waals surface area (Å²) < 4.78 is 5.53. The molecule has 0 aliphatic carbocycles. The van der Waals surface area contributed by atoms with Gasteiger partial charge in [-0.15, -0.1) is 5.54 Å². The molecule has 0 spiro atoms. The van der Waals surface area contributed by atoms with Crippen molar-refractivity contribution in [2.24, 2.45) is 0 Å². The van der Waals surface area contributed by atoms with Gasteiger partial charge < -0.3 is 15.0 Å². The van der Waals surface area contributed by atoms with Crippen molar-refractivity contribution < 1.29 is 9.53 Å². The Kier molecular flexibility index (Phi) is 8.05. The Morgan fingerprint density at radius 2 is 1.65 bits per heavy atom. The van der Waals surface area contributed by atoms with E-state index in [4.69, 9.17) is 4.74 Å². The highest BCUT2D eigenvalue weighted by Crippen LogP contribution is 2.40. The second-order valence-corrected chi connectivity index (χ2v) is 16.0. The third kappa shape index (κ3) is 6.17. The van der Waals surface area contributed by atoms with E-state index in [1.807, 2.05) is 39.1 Å². The number of H-pyrrole nitrogens is 1. The van der Waals surface area contributed by atoms with Gasteiger partial charge in [-0.3, -0.25) is 0 Å². The fourth-order valence-electron chi connectivity index (χ4n) is 4.75. The third-order valence-electron chi connectivity index (χ3n) is 6.12. The highest BCUT2D eigenvalue weighted by Gasteiger charge is 2.41. The molecule has 1 aromatic carbocycles. The summed E-state index contributed by atoms with van der Waals surface area (Å²) in [6.45, 7) is 19.4. The Hall–Kier alpha value is -2.19. The number of hydrogen-bond donors (Lipinski definition) is 2. The van der Waals surface area contributed by atoms with Gasteiger partial charge in [0.05, 0.1) is 6.04 Å². The molecule has 0 fully saturated rings. The predicted octanol–water partition coefficient (Wildman–Crippen LogP) is 6.83. The van der Waals surface area contributed by atoms with Crippen LogP contribution < -0.4 is 5.32 Å². The molecule has 31 heavy (non-hydrogen) atoms. The van der Waals surface area contributed by atoms with Crippen LogP contribution in [0.4, 0.5) is 4.79 Å². The number of para-hydroxylation sites is 1. The predicted molar refractivity (Wildman–Crippen MR) is 134 cm³/mol. The smallest absolute Gasteiger partial charge is 0.408 e. The zero-order valence-corrected chi connectivity index (χ0v) is 21.7. The first kappa shape index (κ1) is 25.1. The molecule has 0 bridgehead atoms. The van der Waals surface area contributed by atoms with Crippen LogP contribution in [-0.2, 0) is 11.2 Å². The van der Waals surface area contributed by atoms with Crippen LogP contribution in [0.2, 0.25) is 16.6 Å². The lowest BCUT2D eigenvalue weighted by molar-refractivity contribution is 0.0516. The number of carbonyl (C=O) groups is 1. The highest BCUT2D eigenvalue weighted by molar-refractivity contribution is 6.90. The van der Waals surface area contributed by atoms with E-state index in [0.29, 0.717) is 23.0 Å². The molecule has 1 atom stereocenters. The van der Waals surface area contributed by atoms with E-state index >= 15 is 0 Å². The summed E-state index contributed by atoms with van der Waals surface area (Å²) in [4.78, 5) is 15.9. The Morgan fingerprint density at radius 3 is 2.19 bits per heavy atom. The molecule has 1 heterocycles. The first-order chi connectivity index (χ1) is 14.4. The normalized spacial score (nSPS) is 13.4. The van der Waals surface area contributed by atoms with Gasteiger partial charge in [-0.05, 0) is 49.0 Å². The van der Waals surface area contributed by atoms with Crippen molar-refractivity contribution in [1.29, 1.82) is 0 Å². The van der Waals surface area contributed by atoms with Gasteiger partial charge in [0.15, 0.2) is 0 Å². The molecule has 2 rings (SSSR count). The average molecular weight is 441 g/mol. The van der Waals surface area contributed by atoms with Gasteiger partial charge in [-0.25, -0.2) is 4.79 Å². The second-order valence-electron chi connectivity index (χ2n) is 10.4. The minimum atomic E-state index is -1.90. The van der Waals surface area contributed by atoms with Crippen LogP contribution in [0.15, 0.2) is 30.5 Å². The third-order valence-corrected chi connectivity index (χ3v) is 12.4. The van der Waals surface area contributed by atoms with Crippen LogP contribution in [0, 0.1) is 11.5 Å². The van der Waals surface area contributed by atoms with E-state index in [0.717, 1.165) is 11.1 Å². The number of hydrogen-bond acceptors (Lipinski definition) is 2. The van der Waals surface area contributed by atoms with Crippen molar-refractivity contribution in [3.05, 3.63) is 36.0 Å². The van der Waals surface area contributed by atoms with Crippen molar-refractivity contribution in [1.82, 2.24) is 10.3 Å². The molecule has 2 N–H and O–H groups in total. The van der Waals surface area contributed by atoms with E-state index in [1.54, 1.807) is 0 Å². The van der Waals surface area contributed by atoms with Crippen molar-refractivity contribution >= 4 is 25.1 Å². The molecule has 0 aliphatic rings. The molecular weight excluding hydrogens is 400 g/mol. The lowest BCUT2D eigenvalue weighted by Gasteiger charge is -2.38. The number of benzene rings is 1. The Balaban J connectivity index is 2.42. The molecule has 0 radical (unpaired) electrons. The molecule has 4 nitrogen and oxygen atoms in total. The fourth-order valence-corrected chi connectivity index (χ4v) is 10.0. The van der Waals surface area contributed by atoms with E-state index in [1.165, 1.54) is 5.39 Å². The van der Waals surface area contributed by atoms with Crippen LogP contribution in [0.1, 0.15) is 67.9 Å². The zero-order chi connectivity index (χ0) is 23.4. The summed E-state index contributed by atoms with van der Waals surface area (Å²) in [7, 11) is -1.90. The van der Waals surface area contributed by atoms with Crippen LogP contribution in [0.25, 0.3) is 10.9 Å². The first-order valence-corrected chi connectivity index (χ1v) is 13.7. The molecule has 0 aliphatic heterocycles. The lowest BCUT2D eigenvalue weighted by Crippen LogP contribution is -2.44. The first-order valence-electron chi connectivity index (χ1n) is 11.4. The van der Waals surface area contributed by atoms with Crippen molar-refractivity contribution in [3.8, 4) is 11.5 Å². The largest absolute Gasteiger partial charge is 0.444 e. The topological polar surface area (TPSA) is 54.1 Å². The number of aromatic nitrogens is 1. The minimum absolute atomic E-state index is 0.308. The molecule has 170 valence electrons. The number of ether oxygens (including phenoxy) is 1. The van der Waals surface area contributed by atoms with Crippen LogP contribution in [0.5, 0.6) is 0 Å². The molecule has 0 saturated carbocycles. The van der Waals surface area contributed by atoms with Gasteiger partial charge in [-0.1, -0.05) is 65.7 Å². The van der Waals surface area contributed by atoms with Crippen LogP contribution in [0.3, 0.4) is 0 Å². The quantitative estimate of drug-likeness (QED) is 0.382. The standard InChI is InChI=1S/C26H40N2O2Si/c1-18(2)31(19(3)4,20(5)6)15-14-22(28-25(29)30-26(7,8)9)16-21-17-27-24-13-11-10-12-23(21)24/h10-13,17-20,22,27H,16H2,1-9H3,(H,28,29)/t22-/m1/s1. The maximum Gasteiger partial charge on any atom is 0.408 e. The van der Waals surface area contributed by atoms with Gasteiger partial charge in [-0.2, -0.15) is 0 Å². The molecule has 0 unspecified atom stereocenters. The zero-order valence-electron chi connectivity index (χ0n) is 20.7. The van der Waals surface area contributed by atoms with Gasteiger partial charge in [0.25, 0.3) is 0 Å². The summed E-state index contributed by atoms with van der Waals surface area (Å²) >= 11 is 0. The number of carbonyl (C=O) groups excluding carboxylic acids is 1. The number of nitrogens with one attached hydrogen (secondary N) is 2. The van der Waals surface area contributed by atoms with Gasteiger partial charge in [0, 0.05) is 23.5 Å². The number of amides is 1. The summed E-state index contributed by atoms with van der Waals surface area (Å²) in [5.41, 5.74) is 7.08. The summed E-state index contributed by atoms with van der Waals surface area (Å²) in [5.74, 6) is 3.51. The van der Waals surface area contributed by atoms with Crippen molar-refractivity contribution in [3.63, 3.8) is 0 Å². The maximum atomic E-state index is 12.6. The van der Waals surface area contributed by atoms with E-state index < -0.39 is 19.8 Å². The Labute approximate surface area is 189 Å². The van der Waals surface area contributed by atoms with E-state index in [9.17, 15) is 4.79 Å². The van der Waals surface area contributed by atoms with Gasteiger partial charge in [0.2, 0.25) is 0 Å². The average Bonchev–Trinajstić information content (AvgIpc) is 3.02. The van der Waals surface area contributed by atoms with Crippen LogP contribution in [-0.4, -0.2) is 30.8 Å². The van der Waals surface area contributed by atoms with Crippen molar-refractivity contribution in [2.45, 2.75) is 97.0 Å². The number of fused-ring (bicyclic) bond motifs is 1. The molecular formula is C26H40N2O2Si. The molecule has 1 aromatic heterocycles. The summed E-state index contributed by atoms with van der Waals surface area (Å²) in [6.07, 6.45) is 2.24. The number of rotatable bonds is 6. The monoisotopic (exact) mass is 440 g/mol. The highest BCUT2D eigenvalue weighted by atomic mass is 28.3. The van der Waals surface area contributed by atoms with Gasteiger partial charge >= 0.3 is 6.09 Å². The molecule has 0 saturated heterocycles. The Morgan fingerprint density at radius 1 is 1.06 bits per heavy atom. The lowest BCUT2D eigenvalue weighted by atomic mass is 10.1. The molecule has 5 heteroatoms. The van der Waals surface area contributed by atoms with E-state index in [2.05, 4.69) is 75.4 Å². The van der Waals surface area contributed by atoms with Gasteiger partial charge in [0.1, 0.15) is 13.7 Å². The van der Waals surface area contributed by atoms with Crippen molar-refractivity contribution in [2.75, 3.05) is 0 Å². The number of aromatic amines is 1. The second kappa shape index (κ2) is 9.95. The summed E-state index contributed by atoms with van der Waals surface area (Å²) in [5, 5.41) is 4.21. The number of alkyl carbamates (subject to hydrolysis) is 1. The molecule has 2 aromatic rings. The Bertz CT molecular complexity index is 920. The molecule has 1 amide bonds. The van der Waals surface area contributed by atoms with Crippen LogP contribution >= 0.6 is 0 Å². The summed E-state index contributed by atoms with van der Waals surface area (Å²) in [6, 6.07) is 7.92. The minimum Gasteiger partial charge on any atom is -0.444 e. The fraction of sp³-hybridized carbons (Fsp3) is 0.577. The maximum absolute atomic E-state index is 12.6. The SMILES string of the molecule is CC(C)[Si](C#C[C@H](Cc1c[nH]c2ccccc12)NC(=O)OC(C)(C)C)(C(C)C)C(C)C. The van der Waals surface area contributed by atoms with E-state index in [-0.39, 0.29) is 6.04 Å².